The van der Waals surface area contributed by atoms with Crippen LogP contribution in [0.4, 0.5) is 5.69 Å². The van der Waals surface area contributed by atoms with E-state index in [1.165, 1.54) is 18.2 Å². The molecular formula is C15H12ClNO4. The van der Waals surface area contributed by atoms with Crippen molar-refractivity contribution >= 4 is 22.5 Å². The Morgan fingerprint density at radius 3 is 2.48 bits per heavy atom. The van der Waals surface area contributed by atoms with Crippen LogP contribution in [-0.4, -0.2) is 10.2 Å². The Balaban J connectivity index is 2.22. The highest BCUT2D eigenvalue weighted by Gasteiger charge is 2.16. The largest absolute Gasteiger partial charge is 0.482 e. The van der Waals surface area contributed by atoms with Gasteiger partial charge in [-0.3, -0.25) is 14.9 Å². The first-order valence-corrected chi connectivity index (χ1v) is 6.56. The molecule has 0 heterocycles. The van der Waals surface area contributed by atoms with Gasteiger partial charge in [-0.2, -0.15) is 0 Å². The molecule has 0 saturated carbocycles. The summed E-state index contributed by atoms with van der Waals surface area (Å²) < 4.78 is 5.51. The number of hydrogen-bond acceptors (Lipinski definition) is 4. The Morgan fingerprint density at radius 1 is 1.14 bits per heavy atom. The van der Waals surface area contributed by atoms with Gasteiger partial charge in [0.2, 0.25) is 5.24 Å². The summed E-state index contributed by atoms with van der Waals surface area (Å²) in [5.41, 5.74) is 1.32. The number of benzene rings is 2. The van der Waals surface area contributed by atoms with Crippen molar-refractivity contribution in [3.05, 3.63) is 69.8 Å². The first kappa shape index (κ1) is 15.0. The van der Waals surface area contributed by atoms with Crippen molar-refractivity contribution in [2.75, 3.05) is 0 Å². The molecule has 0 N–H and O–H groups in total. The van der Waals surface area contributed by atoms with E-state index in [0.29, 0.717) is 5.56 Å². The smallest absolute Gasteiger partial charge is 0.310 e. The number of carbonyl (C=O) groups excluding carboxylic acids is 1. The molecule has 0 saturated heterocycles. The molecular weight excluding hydrogens is 294 g/mol. The highest BCUT2D eigenvalue weighted by Crippen LogP contribution is 2.29. The van der Waals surface area contributed by atoms with Crippen molar-refractivity contribution in [3.8, 4) is 5.75 Å². The zero-order chi connectivity index (χ0) is 15.2. The molecule has 6 heteroatoms. The van der Waals surface area contributed by atoms with Crippen LogP contribution in [-0.2, 0) is 17.8 Å². The van der Waals surface area contributed by atoms with Crippen molar-refractivity contribution < 1.29 is 14.5 Å². The predicted molar refractivity (Wildman–Crippen MR) is 78.4 cm³/mol. The molecule has 0 atom stereocenters. The number of nitrogens with zero attached hydrogens (tertiary/aromatic N) is 1. The monoisotopic (exact) mass is 305 g/mol. The summed E-state index contributed by atoms with van der Waals surface area (Å²) in [6.07, 6.45) is 0.00124. The Kier molecular flexibility index (Phi) is 4.90. The first-order valence-electron chi connectivity index (χ1n) is 6.18. The molecule has 108 valence electrons. The second kappa shape index (κ2) is 6.85. The lowest BCUT2D eigenvalue weighted by Crippen LogP contribution is -2.01. The van der Waals surface area contributed by atoms with Crippen molar-refractivity contribution in [1.29, 1.82) is 0 Å². The summed E-state index contributed by atoms with van der Waals surface area (Å²) in [4.78, 5) is 21.4. The molecule has 0 aliphatic carbocycles. The van der Waals surface area contributed by atoms with E-state index in [1.807, 2.05) is 30.3 Å². The minimum atomic E-state index is -0.530. The molecule has 0 spiro atoms. The molecule has 0 aliphatic heterocycles. The number of rotatable bonds is 6. The number of carbonyl (C=O) groups is 1. The molecule has 0 fully saturated rings. The minimum Gasteiger partial charge on any atom is -0.482 e. The van der Waals surface area contributed by atoms with Gasteiger partial charge in [0, 0.05) is 12.5 Å². The quantitative estimate of drug-likeness (QED) is 0.465. The predicted octanol–water partition coefficient (Wildman–Crippen LogP) is 3.48. The Labute approximate surface area is 126 Å². The Morgan fingerprint density at radius 2 is 1.86 bits per heavy atom. The zero-order valence-corrected chi connectivity index (χ0v) is 11.7. The number of halogens is 1. The van der Waals surface area contributed by atoms with E-state index in [-0.39, 0.29) is 24.5 Å². The maximum absolute atomic E-state index is 11.0. The van der Waals surface area contributed by atoms with E-state index >= 15 is 0 Å². The summed E-state index contributed by atoms with van der Waals surface area (Å²) in [6, 6.07) is 13.6. The van der Waals surface area contributed by atoms with Crippen LogP contribution in [0.2, 0.25) is 0 Å². The Hall–Kier alpha value is -2.40. The van der Waals surface area contributed by atoms with Gasteiger partial charge in [0.25, 0.3) is 0 Å². The molecule has 0 aliphatic rings. The summed E-state index contributed by atoms with van der Waals surface area (Å²) in [7, 11) is 0. The number of nitro benzene ring substituents is 1. The molecule has 0 amide bonds. The summed E-state index contributed by atoms with van der Waals surface area (Å²) in [6.45, 7) is 0.208. The lowest BCUT2D eigenvalue weighted by atomic mass is 10.1. The van der Waals surface area contributed by atoms with Crippen LogP contribution in [0.1, 0.15) is 11.1 Å². The lowest BCUT2D eigenvalue weighted by Gasteiger charge is -2.08. The fourth-order valence-corrected chi connectivity index (χ4v) is 1.99. The average Bonchev–Trinajstić information content (AvgIpc) is 2.45. The van der Waals surface area contributed by atoms with Crippen LogP contribution >= 0.6 is 11.6 Å². The van der Waals surface area contributed by atoms with Crippen LogP contribution < -0.4 is 4.74 Å². The van der Waals surface area contributed by atoms with E-state index in [1.54, 1.807) is 0 Å². The summed E-state index contributed by atoms with van der Waals surface area (Å²) in [5.74, 6) is 0.124. The zero-order valence-electron chi connectivity index (χ0n) is 11.0. The first-order chi connectivity index (χ1) is 10.1. The van der Waals surface area contributed by atoms with Gasteiger partial charge in [0.05, 0.1) is 4.92 Å². The van der Waals surface area contributed by atoms with Gasteiger partial charge in [-0.15, -0.1) is 0 Å². The maximum Gasteiger partial charge on any atom is 0.310 e. The van der Waals surface area contributed by atoms with Gasteiger partial charge < -0.3 is 4.74 Å². The van der Waals surface area contributed by atoms with E-state index < -0.39 is 10.2 Å². The molecule has 0 radical (unpaired) electrons. The maximum atomic E-state index is 11.0. The average molecular weight is 306 g/mol. The summed E-state index contributed by atoms with van der Waals surface area (Å²) >= 11 is 5.33. The van der Waals surface area contributed by atoms with Crippen molar-refractivity contribution in [1.82, 2.24) is 0 Å². The third kappa shape index (κ3) is 4.29. The minimum absolute atomic E-state index is 0.00124. The fourth-order valence-electron chi connectivity index (χ4n) is 1.83. The highest BCUT2D eigenvalue weighted by molar-refractivity contribution is 6.63. The van der Waals surface area contributed by atoms with Crippen LogP contribution in [0.3, 0.4) is 0 Å². The Bertz CT molecular complexity index is 658. The molecule has 21 heavy (non-hydrogen) atoms. The molecule has 0 bridgehead atoms. The normalized spacial score (nSPS) is 10.1. The van der Waals surface area contributed by atoms with E-state index in [4.69, 9.17) is 16.3 Å². The molecule has 0 unspecified atom stereocenters. The lowest BCUT2D eigenvalue weighted by molar-refractivity contribution is -0.386. The van der Waals surface area contributed by atoms with Gasteiger partial charge in [-0.05, 0) is 28.8 Å². The molecule has 5 nitrogen and oxygen atoms in total. The molecule has 0 aromatic heterocycles. The van der Waals surface area contributed by atoms with Gasteiger partial charge in [0.1, 0.15) is 6.61 Å². The van der Waals surface area contributed by atoms with Gasteiger partial charge in [0.15, 0.2) is 5.75 Å². The van der Waals surface area contributed by atoms with Gasteiger partial charge in [-0.25, -0.2) is 0 Å². The second-order valence-corrected chi connectivity index (χ2v) is 4.79. The summed E-state index contributed by atoms with van der Waals surface area (Å²) in [5, 5.41) is 10.5. The van der Waals surface area contributed by atoms with E-state index in [9.17, 15) is 14.9 Å². The van der Waals surface area contributed by atoms with Crippen molar-refractivity contribution in [2.45, 2.75) is 13.0 Å². The van der Waals surface area contributed by atoms with Gasteiger partial charge in [-0.1, -0.05) is 36.4 Å². The van der Waals surface area contributed by atoms with Crippen LogP contribution in [0.15, 0.2) is 48.5 Å². The van der Waals surface area contributed by atoms with Crippen LogP contribution in [0, 0.1) is 10.1 Å². The third-order valence-corrected chi connectivity index (χ3v) is 2.93. The third-order valence-electron chi connectivity index (χ3n) is 2.80. The van der Waals surface area contributed by atoms with Crippen molar-refractivity contribution in [2.24, 2.45) is 0 Å². The molecule has 2 rings (SSSR count). The second-order valence-electron chi connectivity index (χ2n) is 4.37. The molecule has 2 aromatic carbocycles. The highest BCUT2D eigenvalue weighted by atomic mass is 35.5. The molecule has 2 aromatic rings. The van der Waals surface area contributed by atoms with Gasteiger partial charge >= 0.3 is 5.69 Å². The van der Waals surface area contributed by atoms with E-state index in [2.05, 4.69) is 0 Å². The number of nitro groups is 1. The van der Waals surface area contributed by atoms with Crippen LogP contribution in [0.25, 0.3) is 0 Å². The number of hydrogen-bond donors (Lipinski definition) is 0. The standard InChI is InChI=1S/C15H12ClNO4/c16-15(18)9-12-6-7-13(17(19)20)14(8-12)21-10-11-4-2-1-3-5-11/h1-8H,9-10H2. The van der Waals surface area contributed by atoms with Crippen molar-refractivity contribution in [3.63, 3.8) is 0 Å². The SMILES string of the molecule is O=C(Cl)Cc1ccc([N+](=O)[O-])c(OCc2ccccc2)c1. The topological polar surface area (TPSA) is 69.4 Å². The van der Waals surface area contributed by atoms with Crippen LogP contribution in [0.5, 0.6) is 5.75 Å². The van der Waals surface area contributed by atoms with E-state index in [0.717, 1.165) is 5.56 Å². The fraction of sp³-hybridized carbons (Fsp3) is 0.133. The number of ether oxygens (including phenoxy) is 1.